The molecule has 3 aromatic carbocycles. The maximum atomic E-state index is 14.8. The fourth-order valence-corrected chi connectivity index (χ4v) is 6.27. The van der Waals surface area contributed by atoms with E-state index in [1.165, 1.54) is 0 Å². The highest BCUT2D eigenvalue weighted by molar-refractivity contribution is 6.30. The molecule has 2 aliphatic rings. The summed E-state index contributed by atoms with van der Waals surface area (Å²) in [5, 5.41) is 1.28. The van der Waals surface area contributed by atoms with E-state index in [-0.39, 0.29) is 17.5 Å². The molecule has 45 heavy (non-hydrogen) atoms. The number of aliphatic imine (C=N–C) groups is 1. The Morgan fingerprint density at radius 3 is 2.16 bits per heavy atom. The molecule has 0 N–H and O–H groups in total. The van der Waals surface area contributed by atoms with Crippen LogP contribution in [0.15, 0.2) is 71.7 Å². The monoisotopic (exact) mass is 644 g/mol. The maximum Gasteiger partial charge on any atom is 0.326 e. The summed E-state index contributed by atoms with van der Waals surface area (Å²) in [6.45, 7) is 12.8. The van der Waals surface area contributed by atoms with Gasteiger partial charge in [-0.1, -0.05) is 74.3 Å². The minimum atomic E-state index is -0.406. The summed E-state index contributed by atoms with van der Waals surface area (Å²) >= 11 is 12.6. The predicted octanol–water partition coefficient (Wildman–Crippen LogP) is 8.39. The van der Waals surface area contributed by atoms with Crippen molar-refractivity contribution in [1.29, 1.82) is 0 Å². The Kier molecular flexibility index (Phi) is 10.4. The lowest BCUT2D eigenvalue weighted by molar-refractivity contribution is 0.119. The third kappa shape index (κ3) is 7.49. The average Bonchev–Trinajstić information content (AvgIpc) is 3.42. The number of nitrogens with zero attached hydrogens (tertiary/aromatic N) is 4. The van der Waals surface area contributed by atoms with E-state index >= 15 is 0 Å². The quantitative estimate of drug-likeness (QED) is 0.183. The maximum absolute atomic E-state index is 14.8. The van der Waals surface area contributed by atoms with E-state index in [4.69, 9.17) is 39.4 Å². The van der Waals surface area contributed by atoms with Gasteiger partial charge in [-0.05, 0) is 78.4 Å². The van der Waals surface area contributed by atoms with E-state index in [1.807, 2.05) is 65.3 Å². The van der Waals surface area contributed by atoms with Crippen molar-refractivity contribution < 1.29 is 9.53 Å². The molecule has 2 atom stereocenters. The van der Waals surface area contributed by atoms with Crippen molar-refractivity contribution >= 4 is 35.1 Å². The van der Waals surface area contributed by atoms with Gasteiger partial charge >= 0.3 is 6.03 Å². The average molecular weight is 646 g/mol. The number of carbonyl (C=O) groups excluding carboxylic acids is 1. The first-order valence-electron chi connectivity index (χ1n) is 15.7. The molecule has 1 fully saturated rings. The van der Waals surface area contributed by atoms with Crippen LogP contribution in [0, 0.1) is 12.3 Å². The molecule has 8 heteroatoms. The van der Waals surface area contributed by atoms with Gasteiger partial charge in [-0.25, -0.2) is 4.79 Å². The Morgan fingerprint density at radius 1 is 0.956 bits per heavy atom. The molecule has 6 nitrogen and oxygen atoms in total. The molecule has 0 bridgehead atoms. The molecule has 0 unspecified atom stereocenters. The number of carbonyl (C=O) groups is 1. The minimum Gasteiger partial charge on any atom is -0.493 e. The molecule has 0 spiro atoms. The van der Waals surface area contributed by atoms with Crippen LogP contribution in [0.2, 0.25) is 10.0 Å². The van der Waals surface area contributed by atoms with Gasteiger partial charge in [0.15, 0.2) is 0 Å². The highest BCUT2D eigenvalue weighted by atomic mass is 35.5. The predicted molar refractivity (Wildman–Crippen MR) is 185 cm³/mol. The van der Waals surface area contributed by atoms with Crippen molar-refractivity contribution in [2.75, 3.05) is 39.3 Å². The van der Waals surface area contributed by atoms with Crippen molar-refractivity contribution in [3.8, 4) is 18.1 Å². The van der Waals surface area contributed by atoms with Gasteiger partial charge in [-0.15, -0.1) is 12.3 Å². The standard InChI is InChI=1S/C37H42Cl2N4O2/c1-6-8-9-20-41-21-23-42(24-22-41)36(44)43-34(27-12-17-30(39)18-13-27)33(26-10-15-29(38)16-11-26)40-35(43)31-19-14-28(37(3,4)5)25-32(31)45-7-2/h1,10-19,25,33-34H,7-9,20-24H2,2-5H3/t33-,34+/m0/s1. The van der Waals surface area contributed by atoms with Crippen LogP contribution in [0.3, 0.4) is 0 Å². The lowest BCUT2D eigenvalue weighted by Gasteiger charge is -2.39. The number of hydrogen-bond donors (Lipinski definition) is 0. The third-order valence-electron chi connectivity index (χ3n) is 8.52. The summed E-state index contributed by atoms with van der Waals surface area (Å²) in [4.78, 5) is 26.3. The molecule has 5 rings (SSSR count). The van der Waals surface area contributed by atoms with E-state index in [2.05, 4.69) is 49.8 Å². The first-order chi connectivity index (χ1) is 21.6. The fraction of sp³-hybridized carbons (Fsp3) is 0.405. The van der Waals surface area contributed by atoms with Crippen LogP contribution in [0.4, 0.5) is 4.79 Å². The third-order valence-corrected chi connectivity index (χ3v) is 9.03. The normalized spacial score (nSPS) is 18.9. The van der Waals surface area contributed by atoms with Gasteiger partial charge in [0.2, 0.25) is 0 Å². The van der Waals surface area contributed by atoms with E-state index in [1.54, 1.807) is 0 Å². The lowest BCUT2D eigenvalue weighted by Crippen LogP contribution is -2.54. The van der Waals surface area contributed by atoms with Crippen LogP contribution in [0.5, 0.6) is 5.75 Å². The number of amidine groups is 1. The largest absolute Gasteiger partial charge is 0.493 e. The zero-order valence-electron chi connectivity index (χ0n) is 26.6. The Bertz CT molecular complexity index is 1550. The zero-order valence-corrected chi connectivity index (χ0v) is 28.1. The minimum absolute atomic E-state index is 0.0733. The summed E-state index contributed by atoms with van der Waals surface area (Å²) in [6.07, 6.45) is 7.18. The number of hydrogen-bond acceptors (Lipinski definition) is 4. The Morgan fingerprint density at radius 2 is 1.58 bits per heavy atom. The molecule has 0 aliphatic carbocycles. The summed E-state index contributed by atoms with van der Waals surface area (Å²) in [5.74, 6) is 4.04. The second-order valence-corrected chi connectivity index (χ2v) is 13.5. The van der Waals surface area contributed by atoms with Crippen LogP contribution in [-0.2, 0) is 5.41 Å². The molecule has 236 valence electrons. The van der Waals surface area contributed by atoms with Crippen molar-refractivity contribution in [2.24, 2.45) is 4.99 Å². The molecule has 2 aliphatic heterocycles. The van der Waals surface area contributed by atoms with Gasteiger partial charge in [0.25, 0.3) is 0 Å². The van der Waals surface area contributed by atoms with Gasteiger partial charge < -0.3 is 9.64 Å². The topological polar surface area (TPSA) is 48.4 Å². The number of ether oxygens (including phenoxy) is 1. The van der Waals surface area contributed by atoms with E-state index in [0.29, 0.717) is 41.3 Å². The number of benzene rings is 3. The summed E-state index contributed by atoms with van der Waals surface area (Å²) in [6, 6.07) is 20.9. The number of terminal acetylenes is 1. The number of piperazine rings is 1. The van der Waals surface area contributed by atoms with Gasteiger partial charge in [0.05, 0.1) is 18.2 Å². The van der Waals surface area contributed by atoms with Crippen molar-refractivity contribution in [3.05, 3.63) is 99.0 Å². The number of halogens is 2. The van der Waals surface area contributed by atoms with Gasteiger partial charge in [-0.2, -0.15) is 0 Å². The van der Waals surface area contributed by atoms with Crippen molar-refractivity contribution in [3.63, 3.8) is 0 Å². The van der Waals surface area contributed by atoms with Crippen LogP contribution in [-0.4, -0.2) is 65.9 Å². The summed E-state index contributed by atoms with van der Waals surface area (Å²) in [5.41, 5.74) is 3.78. The number of unbranched alkanes of at least 4 members (excludes halogenated alkanes) is 1. The number of rotatable bonds is 8. The Labute approximate surface area is 278 Å². The fourth-order valence-electron chi connectivity index (χ4n) is 6.02. The molecule has 1 saturated heterocycles. The Balaban J connectivity index is 1.61. The zero-order chi connectivity index (χ0) is 32.1. The molecule has 0 radical (unpaired) electrons. The summed E-state index contributed by atoms with van der Waals surface area (Å²) < 4.78 is 6.25. The highest BCUT2D eigenvalue weighted by Crippen LogP contribution is 2.46. The summed E-state index contributed by atoms with van der Waals surface area (Å²) in [7, 11) is 0. The molecule has 2 heterocycles. The smallest absolute Gasteiger partial charge is 0.326 e. The van der Waals surface area contributed by atoms with Crippen LogP contribution in [0.25, 0.3) is 0 Å². The first kappa shape index (κ1) is 32.9. The molecule has 3 aromatic rings. The van der Waals surface area contributed by atoms with Crippen LogP contribution in [0.1, 0.15) is 74.9 Å². The van der Waals surface area contributed by atoms with Crippen molar-refractivity contribution in [2.45, 2.75) is 58.0 Å². The number of amides is 2. The highest BCUT2D eigenvalue weighted by Gasteiger charge is 2.45. The second-order valence-electron chi connectivity index (χ2n) is 12.6. The lowest BCUT2D eigenvalue weighted by atomic mass is 9.86. The SMILES string of the molecule is C#CCCCN1CCN(C(=O)N2C(c3ccc(C(C)(C)C)cc3OCC)=N[C@@H](c3ccc(Cl)cc3)[C@H]2c2ccc(Cl)cc2)CC1. The Hall–Kier alpha value is -3.50. The first-order valence-corrected chi connectivity index (χ1v) is 16.5. The van der Waals surface area contributed by atoms with Gasteiger partial charge in [-0.3, -0.25) is 14.8 Å². The molecular formula is C37H42Cl2N4O2. The van der Waals surface area contributed by atoms with Gasteiger partial charge in [0, 0.05) is 42.6 Å². The number of urea groups is 1. The van der Waals surface area contributed by atoms with E-state index in [0.717, 1.165) is 54.7 Å². The van der Waals surface area contributed by atoms with Gasteiger partial charge in [0.1, 0.15) is 17.6 Å². The molecule has 2 amide bonds. The van der Waals surface area contributed by atoms with E-state index in [9.17, 15) is 4.79 Å². The molecule has 0 saturated carbocycles. The molecular weight excluding hydrogens is 603 g/mol. The van der Waals surface area contributed by atoms with Crippen LogP contribution >= 0.6 is 23.2 Å². The van der Waals surface area contributed by atoms with E-state index < -0.39 is 6.04 Å². The second kappa shape index (κ2) is 14.3. The molecule has 0 aromatic heterocycles. The van der Waals surface area contributed by atoms with Crippen molar-refractivity contribution in [1.82, 2.24) is 14.7 Å². The van der Waals surface area contributed by atoms with Crippen LogP contribution < -0.4 is 4.74 Å².